The van der Waals surface area contributed by atoms with Crippen LogP contribution in [0.1, 0.15) is 12.8 Å². The third kappa shape index (κ3) is 4.93. The summed E-state index contributed by atoms with van der Waals surface area (Å²) in [4.78, 5) is 25.6. The average molecular weight is 311 g/mol. The van der Waals surface area contributed by atoms with Crippen LogP contribution in [0.25, 0.3) is 0 Å². The fourth-order valence-corrected chi connectivity index (χ4v) is 2.59. The van der Waals surface area contributed by atoms with Gasteiger partial charge in [0.25, 0.3) is 0 Å². The standard InChI is InChI=1S/C14H18FN3O2S/c1-18(7-13(19)17-10-3-4-10)14(20)8-21-12-5-2-9(15)6-11(12)16/h2,5-6,10H,3-4,7-8,16H2,1H3,(H,17,19). The minimum atomic E-state index is -0.406. The first kappa shape index (κ1) is 15.6. The van der Waals surface area contributed by atoms with Crippen molar-refractivity contribution in [2.24, 2.45) is 0 Å². The highest BCUT2D eigenvalue weighted by molar-refractivity contribution is 8.00. The van der Waals surface area contributed by atoms with Crippen molar-refractivity contribution in [2.45, 2.75) is 23.8 Å². The minimum Gasteiger partial charge on any atom is -0.398 e. The molecular weight excluding hydrogens is 293 g/mol. The quantitative estimate of drug-likeness (QED) is 0.612. The fraction of sp³-hybridized carbons (Fsp3) is 0.429. The summed E-state index contributed by atoms with van der Waals surface area (Å²) in [5.41, 5.74) is 5.98. The number of halogens is 1. The van der Waals surface area contributed by atoms with Crippen LogP contribution in [-0.4, -0.2) is 42.1 Å². The highest BCUT2D eigenvalue weighted by Crippen LogP contribution is 2.25. The maximum atomic E-state index is 12.9. The van der Waals surface area contributed by atoms with Crippen molar-refractivity contribution in [3.8, 4) is 0 Å². The second kappa shape index (κ2) is 6.80. The van der Waals surface area contributed by atoms with Gasteiger partial charge < -0.3 is 16.0 Å². The molecular formula is C14H18FN3O2S. The number of carbonyl (C=O) groups excluding carboxylic acids is 2. The van der Waals surface area contributed by atoms with Crippen molar-refractivity contribution in [2.75, 3.05) is 25.1 Å². The summed E-state index contributed by atoms with van der Waals surface area (Å²) in [7, 11) is 1.59. The first-order chi connectivity index (χ1) is 9.95. The molecule has 0 bridgehead atoms. The molecule has 0 aliphatic heterocycles. The molecule has 1 fully saturated rings. The van der Waals surface area contributed by atoms with Crippen LogP contribution in [-0.2, 0) is 9.59 Å². The van der Waals surface area contributed by atoms with E-state index in [9.17, 15) is 14.0 Å². The van der Waals surface area contributed by atoms with E-state index in [0.717, 1.165) is 12.8 Å². The number of carbonyl (C=O) groups is 2. The van der Waals surface area contributed by atoms with E-state index in [-0.39, 0.29) is 30.2 Å². The zero-order chi connectivity index (χ0) is 15.4. The lowest BCUT2D eigenvalue weighted by Crippen LogP contribution is -2.39. The Morgan fingerprint density at radius 3 is 2.81 bits per heavy atom. The number of nitrogen functional groups attached to an aromatic ring is 1. The molecule has 1 aromatic carbocycles. The Hall–Kier alpha value is -1.76. The molecule has 0 aromatic heterocycles. The number of rotatable bonds is 6. The molecule has 1 aromatic rings. The third-order valence-corrected chi connectivity index (χ3v) is 4.15. The van der Waals surface area contributed by atoms with E-state index in [1.807, 2.05) is 0 Å². The topological polar surface area (TPSA) is 75.4 Å². The molecule has 0 spiro atoms. The number of benzene rings is 1. The van der Waals surface area contributed by atoms with Gasteiger partial charge in [-0.05, 0) is 31.0 Å². The number of nitrogens with one attached hydrogen (secondary N) is 1. The molecule has 0 heterocycles. The van der Waals surface area contributed by atoms with Crippen LogP contribution >= 0.6 is 11.8 Å². The largest absolute Gasteiger partial charge is 0.398 e. The maximum absolute atomic E-state index is 12.9. The Morgan fingerprint density at radius 1 is 1.48 bits per heavy atom. The molecule has 114 valence electrons. The van der Waals surface area contributed by atoms with E-state index < -0.39 is 5.82 Å². The van der Waals surface area contributed by atoms with Crippen molar-refractivity contribution in [1.29, 1.82) is 0 Å². The van der Waals surface area contributed by atoms with Crippen LogP contribution in [0.5, 0.6) is 0 Å². The fourth-order valence-electron chi connectivity index (χ4n) is 1.71. The van der Waals surface area contributed by atoms with E-state index in [4.69, 9.17) is 5.73 Å². The molecule has 5 nitrogen and oxygen atoms in total. The van der Waals surface area contributed by atoms with Gasteiger partial charge in [0, 0.05) is 23.7 Å². The number of nitrogens with zero attached hydrogens (tertiary/aromatic N) is 1. The Morgan fingerprint density at radius 2 is 2.19 bits per heavy atom. The van der Waals surface area contributed by atoms with Gasteiger partial charge in [0.1, 0.15) is 5.82 Å². The summed E-state index contributed by atoms with van der Waals surface area (Å²) >= 11 is 1.23. The van der Waals surface area contributed by atoms with Gasteiger partial charge in [-0.2, -0.15) is 0 Å². The average Bonchev–Trinajstić information content (AvgIpc) is 3.21. The van der Waals surface area contributed by atoms with E-state index >= 15 is 0 Å². The summed E-state index contributed by atoms with van der Waals surface area (Å²) in [6.45, 7) is 0.0504. The van der Waals surface area contributed by atoms with Crippen LogP contribution in [0.15, 0.2) is 23.1 Å². The van der Waals surface area contributed by atoms with Crippen molar-refractivity contribution < 1.29 is 14.0 Å². The summed E-state index contributed by atoms with van der Waals surface area (Å²) in [6, 6.07) is 4.35. The Balaban J connectivity index is 1.78. The summed E-state index contributed by atoms with van der Waals surface area (Å²) in [5.74, 6) is -0.561. The van der Waals surface area contributed by atoms with Crippen molar-refractivity contribution in [3.05, 3.63) is 24.0 Å². The van der Waals surface area contributed by atoms with Gasteiger partial charge in [0.15, 0.2) is 0 Å². The number of nitrogens with two attached hydrogens (primary N) is 1. The van der Waals surface area contributed by atoms with E-state index in [1.54, 1.807) is 13.1 Å². The number of hydrogen-bond donors (Lipinski definition) is 2. The van der Waals surface area contributed by atoms with E-state index in [1.165, 1.54) is 28.8 Å². The lowest BCUT2D eigenvalue weighted by Gasteiger charge is -2.16. The summed E-state index contributed by atoms with van der Waals surface area (Å²) in [5, 5.41) is 2.83. The van der Waals surface area contributed by atoms with Crippen LogP contribution in [0.2, 0.25) is 0 Å². The molecule has 0 radical (unpaired) electrons. The van der Waals surface area contributed by atoms with Crippen LogP contribution in [0.3, 0.4) is 0 Å². The predicted molar refractivity (Wildman–Crippen MR) is 80.3 cm³/mol. The third-order valence-electron chi connectivity index (χ3n) is 3.07. The number of anilines is 1. The molecule has 1 aliphatic carbocycles. The van der Waals surface area contributed by atoms with Gasteiger partial charge >= 0.3 is 0 Å². The first-order valence-corrected chi connectivity index (χ1v) is 7.65. The molecule has 1 saturated carbocycles. The Bertz CT molecular complexity index is 549. The smallest absolute Gasteiger partial charge is 0.239 e. The number of hydrogen-bond acceptors (Lipinski definition) is 4. The highest BCUT2D eigenvalue weighted by atomic mass is 32.2. The second-order valence-electron chi connectivity index (χ2n) is 5.06. The molecule has 1 aliphatic rings. The molecule has 0 atom stereocenters. The highest BCUT2D eigenvalue weighted by Gasteiger charge is 2.24. The zero-order valence-electron chi connectivity index (χ0n) is 11.8. The van der Waals surface area contributed by atoms with Gasteiger partial charge in [-0.1, -0.05) is 0 Å². The molecule has 2 rings (SSSR count). The molecule has 2 amide bonds. The van der Waals surface area contributed by atoms with Crippen LogP contribution in [0, 0.1) is 5.82 Å². The van der Waals surface area contributed by atoms with Gasteiger partial charge in [0.2, 0.25) is 11.8 Å². The van der Waals surface area contributed by atoms with Gasteiger partial charge in [-0.3, -0.25) is 9.59 Å². The zero-order valence-corrected chi connectivity index (χ0v) is 12.6. The van der Waals surface area contributed by atoms with Gasteiger partial charge in [-0.15, -0.1) is 11.8 Å². The SMILES string of the molecule is CN(CC(=O)NC1CC1)C(=O)CSc1ccc(F)cc1N. The molecule has 0 unspecified atom stereocenters. The normalized spacial score (nSPS) is 13.8. The maximum Gasteiger partial charge on any atom is 0.239 e. The molecule has 0 saturated heterocycles. The first-order valence-electron chi connectivity index (χ1n) is 6.67. The minimum absolute atomic E-state index is 0.0504. The van der Waals surface area contributed by atoms with Gasteiger partial charge in [0.05, 0.1) is 12.3 Å². The van der Waals surface area contributed by atoms with Crippen LogP contribution < -0.4 is 11.1 Å². The summed E-state index contributed by atoms with van der Waals surface area (Å²) < 4.78 is 12.9. The van der Waals surface area contributed by atoms with Crippen LogP contribution in [0.4, 0.5) is 10.1 Å². The number of likely N-dealkylation sites (N-methyl/N-ethyl adjacent to an activating group) is 1. The molecule has 3 N–H and O–H groups in total. The summed E-state index contributed by atoms with van der Waals surface area (Å²) in [6.07, 6.45) is 2.03. The second-order valence-corrected chi connectivity index (χ2v) is 6.08. The Kier molecular flexibility index (Phi) is 5.06. The molecule has 7 heteroatoms. The molecule has 21 heavy (non-hydrogen) atoms. The monoisotopic (exact) mass is 311 g/mol. The van der Waals surface area contributed by atoms with Crippen molar-refractivity contribution in [3.63, 3.8) is 0 Å². The number of amides is 2. The van der Waals surface area contributed by atoms with E-state index in [2.05, 4.69) is 5.32 Å². The van der Waals surface area contributed by atoms with Crippen molar-refractivity contribution in [1.82, 2.24) is 10.2 Å². The van der Waals surface area contributed by atoms with E-state index in [0.29, 0.717) is 10.6 Å². The lowest BCUT2D eigenvalue weighted by atomic mass is 10.3. The Labute approximate surface area is 127 Å². The van der Waals surface area contributed by atoms with Gasteiger partial charge in [-0.25, -0.2) is 4.39 Å². The lowest BCUT2D eigenvalue weighted by molar-refractivity contribution is -0.132. The van der Waals surface area contributed by atoms with Crippen molar-refractivity contribution >= 4 is 29.3 Å². The predicted octanol–water partition coefficient (Wildman–Crippen LogP) is 1.24. The number of thioether (sulfide) groups is 1.